The number of nitrogens with one attached hydrogen (secondary N) is 1. The first-order valence-electron chi connectivity index (χ1n) is 8.56. The molecule has 0 radical (unpaired) electrons. The molecule has 1 aliphatic rings. The molecule has 4 nitrogen and oxygen atoms in total. The number of anilines is 1. The molecular formula is C20H21N3OS. The summed E-state index contributed by atoms with van der Waals surface area (Å²) < 4.78 is 0. The molecule has 0 spiro atoms. The van der Waals surface area contributed by atoms with Crippen LogP contribution in [0, 0.1) is 13.8 Å². The number of fused-ring (bicyclic) bond motifs is 2. The summed E-state index contributed by atoms with van der Waals surface area (Å²) in [6.45, 7) is 4.06. The molecule has 2 heterocycles. The Morgan fingerprint density at radius 3 is 2.92 bits per heavy atom. The van der Waals surface area contributed by atoms with Gasteiger partial charge in [0.05, 0.1) is 5.69 Å². The van der Waals surface area contributed by atoms with Gasteiger partial charge in [0.1, 0.15) is 9.71 Å². The molecule has 4 rings (SSSR count). The molecule has 0 saturated heterocycles. The number of aromatic nitrogens is 1. The molecule has 2 aromatic heterocycles. The summed E-state index contributed by atoms with van der Waals surface area (Å²) in [4.78, 5) is 18.6. The summed E-state index contributed by atoms with van der Waals surface area (Å²) in [7, 11) is 0. The molecule has 128 valence electrons. The number of hydrogen-bond donors (Lipinski definition) is 2. The Hall–Kier alpha value is -2.40. The highest BCUT2D eigenvalue weighted by Crippen LogP contribution is 2.33. The van der Waals surface area contributed by atoms with Crippen molar-refractivity contribution in [2.75, 3.05) is 5.73 Å². The number of carbonyl (C=O) groups excluding carboxylic acids is 1. The monoisotopic (exact) mass is 351 g/mol. The minimum Gasteiger partial charge on any atom is -0.397 e. The third kappa shape index (κ3) is 3.00. The maximum atomic E-state index is 12.7. The first kappa shape index (κ1) is 16.1. The largest absolute Gasteiger partial charge is 0.397 e. The fourth-order valence-corrected chi connectivity index (χ4v) is 4.56. The van der Waals surface area contributed by atoms with Crippen LogP contribution in [-0.4, -0.2) is 16.9 Å². The number of benzene rings is 1. The van der Waals surface area contributed by atoms with Gasteiger partial charge in [-0.25, -0.2) is 4.98 Å². The third-order valence-corrected chi connectivity index (χ3v) is 5.98. The minimum absolute atomic E-state index is 0.0845. The van der Waals surface area contributed by atoms with Crippen molar-refractivity contribution in [1.82, 2.24) is 10.3 Å². The second-order valence-electron chi connectivity index (χ2n) is 6.84. The second kappa shape index (κ2) is 6.15. The number of rotatable bonds is 2. The lowest BCUT2D eigenvalue weighted by Crippen LogP contribution is -2.38. The van der Waals surface area contributed by atoms with Gasteiger partial charge in [-0.1, -0.05) is 23.8 Å². The van der Waals surface area contributed by atoms with Gasteiger partial charge in [0.15, 0.2) is 0 Å². The van der Waals surface area contributed by atoms with Gasteiger partial charge >= 0.3 is 0 Å². The predicted octanol–water partition coefficient (Wildman–Crippen LogP) is 3.78. The number of nitrogens with zero attached hydrogens (tertiary/aromatic N) is 1. The fourth-order valence-electron chi connectivity index (χ4n) is 3.52. The van der Waals surface area contributed by atoms with Crippen molar-refractivity contribution >= 4 is 33.1 Å². The molecule has 3 aromatic rings. The van der Waals surface area contributed by atoms with Crippen molar-refractivity contribution in [3.05, 3.63) is 57.6 Å². The average Bonchev–Trinajstić information content (AvgIpc) is 2.91. The van der Waals surface area contributed by atoms with Crippen LogP contribution in [-0.2, 0) is 12.8 Å². The van der Waals surface area contributed by atoms with Crippen LogP contribution in [0.4, 0.5) is 5.69 Å². The maximum Gasteiger partial charge on any atom is 0.263 e. The number of nitrogen functional groups attached to an aromatic ring is 1. The van der Waals surface area contributed by atoms with E-state index in [1.165, 1.54) is 28.0 Å². The van der Waals surface area contributed by atoms with Crippen molar-refractivity contribution in [2.24, 2.45) is 0 Å². The van der Waals surface area contributed by atoms with Crippen LogP contribution in [0.5, 0.6) is 0 Å². The predicted molar refractivity (Wildman–Crippen MR) is 103 cm³/mol. The molecule has 0 bridgehead atoms. The Morgan fingerprint density at radius 2 is 2.08 bits per heavy atom. The Kier molecular flexibility index (Phi) is 3.96. The highest BCUT2D eigenvalue weighted by molar-refractivity contribution is 7.21. The number of thiophene rings is 1. The van der Waals surface area contributed by atoms with Gasteiger partial charge in [-0.2, -0.15) is 0 Å². The molecule has 0 aliphatic heterocycles. The third-order valence-electron chi connectivity index (χ3n) is 4.86. The van der Waals surface area contributed by atoms with Crippen molar-refractivity contribution in [2.45, 2.75) is 39.2 Å². The summed E-state index contributed by atoms with van der Waals surface area (Å²) in [5, 5.41) is 4.04. The van der Waals surface area contributed by atoms with Gasteiger partial charge in [0, 0.05) is 17.1 Å². The summed E-state index contributed by atoms with van der Waals surface area (Å²) in [5.74, 6) is -0.0845. The van der Waals surface area contributed by atoms with Gasteiger partial charge in [-0.15, -0.1) is 11.3 Å². The molecule has 3 N–H and O–H groups in total. The molecule has 1 aliphatic carbocycles. The molecule has 25 heavy (non-hydrogen) atoms. The standard InChI is InChI=1S/C20H21N3OS/c1-11-3-5-14-10-15(7-6-13(14)9-11)23-19(24)18-17(21)16-8-4-12(2)22-20(16)25-18/h3-5,8-9,15H,6-7,10,21H2,1-2H3,(H,23,24)/t15-/m1/s1. The van der Waals surface area contributed by atoms with E-state index in [1.54, 1.807) is 0 Å². The van der Waals surface area contributed by atoms with Crippen LogP contribution in [0.1, 0.15) is 38.5 Å². The number of pyridine rings is 1. The molecule has 1 amide bonds. The lowest BCUT2D eigenvalue weighted by Gasteiger charge is -2.25. The van der Waals surface area contributed by atoms with Gasteiger partial charge < -0.3 is 11.1 Å². The number of amides is 1. The first-order chi connectivity index (χ1) is 12.0. The van der Waals surface area contributed by atoms with E-state index in [0.29, 0.717) is 10.6 Å². The lowest BCUT2D eigenvalue weighted by molar-refractivity contribution is 0.0938. The number of carbonyl (C=O) groups is 1. The molecule has 5 heteroatoms. The van der Waals surface area contributed by atoms with E-state index in [1.807, 2.05) is 19.1 Å². The molecular weight excluding hydrogens is 330 g/mol. The van der Waals surface area contributed by atoms with Gasteiger partial charge in [0.2, 0.25) is 0 Å². The van der Waals surface area contributed by atoms with E-state index in [2.05, 4.69) is 35.4 Å². The first-order valence-corrected chi connectivity index (χ1v) is 9.38. The highest BCUT2D eigenvalue weighted by Gasteiger charge is 2.23. The summed E-state index contributed by atoms with van der Waals surface area (Å²) in [5.41, 5.74) is 11.7. The Labute approximate surface area is 151 Å². The molecule has 0 fully saturated rings. The van der Waals surface area contributed by atoms with Crippen LogP contribution in [0.15, 0.2) is 30.3 Å². The molecule has 0 saturated carbocycles. The fraction of sp³-hybridized carbons (Fsp3) is 0.300. The van der Waals surface area contributed by atoms with Crippen LogP contribution in [0.25, 0.3) is 10.2 Å². The number of nitrogens with two attached hydrogens (primary N) is 1. The van der Waals surface area contributed by atoms with Gasteiger partial charge in [-0.05, 0) is 56.4 Å². The summed E-state index contributed by atoms with van der Waals surface area (Å²) in [6.07, 6.45) is 2.85. The smallest absolute Gasteiger partial charge is 0.263 e. The Bertz CT molecular complexity index is 976. The summed E-state index contributed by atoms with van der Waals surface area (Å²) >= 11 is 1.37. The van der Waals surface area contributed by atoms with Gasteiger partial charge in [-0.3, -0.25) is 4.79 Å². The Morgan fingerprint density at radius 1 is 1.24 bits per heavy atom. The van der Waals surface area contributed by atoms with Crippen LogP contribution in [0.3, 0.4) is 0 Å². The zero-order valence-electron chi connectivity index (χ0n) is 14.4. The van der Waals surface area contributed by atoms with E-state index in [4.69, 9.17) is 5.73 Å². The number of hydrogen-bond acceptors (Lipinski definition) is 4. The maximum absolute atomic E-state index is 12.7. The quantitative estimate of drug-likeness (QED) is 0.738. The van der Waals surface area contributed by atoms with Crippen molar-refractivity contribution in [1.29, 1.82) is 0 Å². The topological polar surface area (TPSA) is 68.0 Å². The van der Waals surface area contributed by atoms with Crippen LogP contribution >= 0.6 is 11.3 Å². The number of aryl methyl sites for hydroxylation is 3. The Balaban J connectivity index is 1.55. The zero-order valence-corrected chi connectivity index (χ0v) is 15.2. The second-order valence-corrected chi connectivity index (χ2v) is 7.83. The van der Waals surface area contributed by atoms with Crippen LogP contribution < -0.4 is 11.1 Å². The molecule has 1 aromatic carbocycles. The van der Waals surface area contributed by atoms with E-state index in [9.17, 15) is 4.79 Å². The van der Waals surface area contributed by atoms with Gasteiger partial charge in [0.25, 0.3) is 5.91 Å². The molecule has 0 unspecified atom stereocenters. The molecule has 1 atom stereocenters. The van der Waals surface area contributed by atoms with Crippen LogP contribution in [0.2, 0.25) is 0 Å². The SMILES string of the molecule is Cc1ccc2c(c1)CC[C@@H](NC(=O)c1sc3nc(C)ccc3c1N)C2. The lowest BCUT2D eigenvalue weighted by atomic mass is 9.87. The van der Waals surface area contributed by atoms with Crippen molar-refractivity contribution < 1.29 is 4.79 Å². The van der Waals surface area contributed by atoms with E-state index in [-0.39, 0.29) is 11.9 Å². The normalized spacial score (nSPS) is 16.6. The zero-order chi connectivity index (χ0) is 17.6. The average molecular weight is 351 g/mol. The van der Waals surface area contributed by atoms with E-state index in [0.717, 1.165) is 35.2 Å². The highest BCUT2D eigenvalue weighted by atomic mass is 32.1. The summed E-state index contributed by atoms with van der Waals surface area (Å²) in [6, 6.07) is 10.6. The minimum atomic E-state index is -0.0845. The van der Waals surface area contributed by atoms with E-state index >= 15 is 0 Å². The van der Waals surface area contributed by atoms with Crippen molar-refractivity contribution in [3.63, 3.8) is 0 Å². The van der Waals surface area contributed by atoms with E-state index < -0.39 is 0 Å². The van der Waals surface area contributed by atoms with Crippen molar-refractivity contribution in [3.8, 4) is 0 Å².